The van der Waals surface area contributed by atoms with Crippen molar-refractivity contribution >= 4 is 10.0 Å². The lowest BCUT2D eigenvalue weighted by molar-refractivity contribution is 0.574. The minimum absolute atomic E-state index is 0.299. The fourth-order valence-corrected chi connectivity index (χ4v) is 2.92. The van der Waals surface area contributed by atoms with E-state index in [4.69, 9.17) is 5.26 Å². The summed E-state index contributed by atoms with van der Waals surface area (Å²) in [6, 6.07) is 10.1. The molecule has 2 rings (SSSR count). The van der Waals surface area contributed by atoms with Crippen molar-refractivity contribution in [2.45, 2.75) is 24.1 Å². The van der Waals surface area contributed by atoms with E-state index in [9.17, 15) is 8.42 Å². The average molecular weight is 236 g/mol. The summed E-state index contributed by atoms with van der Waals surface area (Å²) in [5.41, 5.74) is 0.675. The van der Waals surface area contributed by atoms with Gasteiger partial charge in [0.1, 0.15) is 6.04 Å². The van der Waals surface area contributed by atoms with Crippen molar-refractivity contribution in [1.82, 2.24) is 4.72 Å². The van der Waals surface area contributed by atoms with Crippen molar-refractivity contribution in [2.75, 3.05) is 0 Å². The average Bonchev–Trinajstić information content (AvgIpc) is 3.11. The van der Waals surface area contributed by atoms with Crippen LogP contribution in [0.1, 0.15) is 24.4 Å². The summed E-state index contributed by atoms with van der Waals surface area (Å²) >= 11 is 0. The largest absolute Gasteiger partial charge is 0.215 e. The standard InChI is InChI=1S/C11H12N2O2S/c12-8-11(9-4-2-1-3-5-9)13-16(14,15)10-6-7-10/h1-5,10-11,13H,6-7H2. The van der Waals surface area contributed by atoms with E-state index in [0.717, 1.165) is 0 Å². The highest BCUT2D eigenvalue weighted by molar-refractivity contribution is 7.90. The number of sulfonamides is 1. The van der Waals surface area contributed by atoms with Crippen LogP contribution in [0.5, 0.6) is 0 Å². The molecule has 84 valence electrons. The fraction of sp³-hybridized carbons (Fsp3) is 0.364. The molecule has 0 saturated heterocycles. The van der Waals surface area contributed by atoms with Gasteiger partial charge in [-0.1, -0.05) is 30.3 Å². The minimum Gasteiger partial charge on any atom is -0.212 e. The second kappa shape index (κ2) is 4.24. The summed E-state index contributed by atoms with van der Waals surface area (Å²) in [5, 5.41) is 8.67. The van der Waals surface area contributed by atoms with Crippen LogP contribution in [0.15, 0.2) is 30.3 Å². The number of rotatable bonds is 4. The SMILES string of the molecule is N#CC(NS(=O)(=O)C1CC1)c1ccccc1. The Balaban J connectivity index is 2.16. The van der Waals surface area contributed by atoms with Gasteiger partial charge in [-0.05, 0) is 18.4 Å². The zero-order valence-corrected chi connectivity index (χ0v) is 9.44. The maximum atomic E-state index is 11.7. The topological polar surface area (TPSA) is 70.0 Å². The quantitative estimate of drug-likeness (QED) is 0.857. The monoisotopic (exact) mass is 236 g/mol. The van der Waals surface area contributed by atoms with Crippen LogP contribution in [0.3, 0.4) is 0 Å². The van der Waals surface area contributed by atoms with Gasteiger partial charge in [-0.3, -0.25) is 0 Å². The van der Waals surface area contributed by atoms with Gasteiger partial charge in [-0.15, -0.1) is 0 Å². The maximum absolute atomic E-state index is 11.7. The molecule has 4 nitrogen and oxygen atoms in total. The van der Waals surface area contributed by atoms with Crippen LogP contribution in [-0.2, 0) is 10.0 Å². The van der Waals surface area contributed by atoms with E-state index in [0.29, 0.717) is 18.4 Å². The second-order valence-corrected chi connectivity index (χ2v) is 5.83. The number of benzene rings is 1. The first-order valence-electron chi connectivity index (χ1n) is 5.09. The van der Waals surface area contributed by atoms with Crippen LogP contribution < -0.4 is 4.72 Å². The number of nitriles is 1. The van der Waals surface area contributed by atoms with Crippen molar-refractivity contribution in [1.29, 1.82) is 5.26 Å². The third kappa shape index (κ3) is 2.40. The Bertz CT molecular complexity index is 501. The summed E-state index contributed by atoms with van der Waals surface area (Å²) in [5.74, 6) is 0. The minimum atomic E-state index is -3.32. The molecule has 0 aliphatic heterocycles. The molecule has 5 heteroatoms. The van der Waals surface area contributed by atoms with E-state index in [-0.39, 0.29) is 5.25 Å². The first-order valence-corrected chi connectivity index (χ1v) is 6.64. The number of hydrogen-bond donors (Lipinski definition) is 1. The van der Waals surface area contributed by atoms with E-state index < -0.39 is 16.1 Å². The van der Waals surface area contributed by atoms with Gasteiger partial charge < -0.3 is 0 Å². The van der Waals surface area contributed by atoms with Gasteiger partial charge in [-0.25, -0.2) is 8.42 Å². The zero-order chi connectivity index (χ0) is 11.6. The van der Waals surface area contributed by atoms with E-state index in [2.05, 4.69) is 4.72 Å². The number of nitrogens with zero attached hydrogens (tertiary/aromatic N) is 1. The molecule has 1 N–H and O–H groups in total. The molecule has 16 heavy (non-hydrogen) atoms. The van der Waals surface area contributed by atoms with Crippen molar-refractivity contribution in [2.24, 2.45) is 0 Å². The summed E-state index contributed by atoms with van der Waals surface area (Å²) in [7, 11) is -3.32. The van der Waals surface area contributed by atoms with Gasteiger partial charge in [0, 0.05) is 0 Å². The lowest BCUT2D eigenvalue weighted by Gasteiger charge is -2.11. The van der Waals surface area contributed by atoms with Crippen molar-refractivity contribution in [3.8, 4) is 6.07 Å². The molecule has 1 fully saturated rings. The highest BCUT2D eigenvalue weighted by atomic mass is 32.2. The van der Waals surface area contributed by atoms with Crippen molar-refractivity contribution < 1.29 is 8.42 Å². The number of nitrogens with one attached hydrogen (secondary N) is 1. The van der Waals surface area contributed by atoms with Gasteiger partial charge in [0.25, 0.3) is 0 Å². The highest BCUT2D eigenvalue weighted by Crippen LogP contribution is 2.29. The van der Waals surface area contributed by atoms with E-state index in [1.165, 1.54) is 0 Å². The Morgan fingerprint density at radius 2 is 1.94 bits per heavy atom. The van der Waals surface area contributed by atoms with Crippen LogP contribution >= 0.6 is 0 Å². The molecular weight excluding hydrogens is 224 g/mol. The summed E-state index contributed by atoms with van der Waals surface area (Å²) < 4.78 is 25.8. The molecule has 0 amide bonds. The van der Waals surface area contributed by atoms with Gasteiger partial charge in [0.15, 0.2) is 0 Å². The predicted molar refractivity (Wildman–Crippen MR) is 59.9 cm³/mol. The Morgan fingerprint density at radius 1 is 1.31 bits per heavy atom. The van der Waals surface area contributed by atoms with E-state index >= 15 is 0 Å². The summed E-state index contributed by atoms with van der Waals surface area (Å²) in [4.78, 5) is 0. The van der Waals surface area contributed by atoms with Gasteiger partial charge >= 0.3 is 0 Å². The molecule has 0 aromatic heterocycles. The van der Waals surface area contributed by atoms with E-state index in [1.807, 2.05) is 12.1 Å². The molecule has 1 saturated carbocycles. The smallest absolute Gasteiger partial charge is 0.212 e. The van der Waals surface area contributed by atoms with Gasteiger partial charge in [0.05, 0.1) is 11.3 Å². The molecule has 1 aliphatic rings. The highest BCUT2D eigenvalue weighted by Gasteiger charge is 2.37. The molecule has 1 aliphatic carbocycles. The summed E-state index contributed by atoms with van der Waals surface area (Å²) in [6.07, 6.45) is 1.39. The maximum Gasteiger partial charge on any atom is 0.215 e. The molecule has 1 aromatic rings. The Hall–Kier alpha value is -1.38. The van der Waals surface area contributed by atoms with Crippen LogP contribution in [-0.4, -0.2) is 13.7 Å². The first-order chi connectivity index (χ1) is 7.63. The summed E-state index contributed by atoms with van der Waals surface area (Å²) in [6.45, 7) is 0. The molecule has 0 spiro atoms. The second-order valence-electron chi connectivity index (χ2n) is 3.84. The molecule has 0 bridgehead atoms. The van der Waals surface area contributed by atoms with Crippen LogP contribution in [0.2, 0.25) is 0 Å². The third-order valence-electron chi connectivity index (χ3n) is 2.51. The van der Waals surface area contributed by atoms with Crippen molar-refractivity contribution in [3.63, 3.8) is 0 Å². The normalized spacial score (nSPS) is 17.7. The lowest BCUT2D eigenvalue weighted by atomic mass is 10.1. The third-order valence-corrected chi connectivity index (χ3v) is 4.42. The van der Waals surface area contributed by atoms with Crippen LogP contribution in [0.25, 0.3) is 0 Å². The Morgan fingerprint density at radius 3 is 2.44 bits per heavy atom. The first kappa shape index (κ1) is 11.1. The predicted octanol–water partition coefficient (Wildman–Crippen LogP) is 1.33. The van der Waals surface area contributed by atoms with E-state index in [1.54, 1.807) is 24.3 Å². The van der Waals surface area contributed by atoms with Crippen LogP contribution in [0.4, 0.5) is 0 Å². The molecular formula is C11H12N2O2S. The molecule has 1 atom stereocenters. The van der Waals surface area contributed by atoms with Gasteiger partial charge in [-0.2, -0.15) is 9.98 Å². The lowest BCUT2D eigenvalue weighted by Crippen LogP contribution is -2.30. The van der Waals surface area contributed by atoms with Crippen molar-refractivity contribution in [3.05, 3.63) is 35.9 Å². The molecule has 1 aromatic carbocycles. The molecule has 0 heterocycles. The molecule has 1 unspecified atom stereocenters. The zero-order valence-electron chi connectivity index (χ0n) is 8.63. The fourth-order valence-electron chi connectivity index (χ4n) is 1.45. The van der Waals surface area contributed by atoms with Crippen LogP contribution in [0, 0.1) is 11.3 Å². The van der Waals surface area contributed by atoms with Gasteiger partial charge in [0.2, 0.25) is 10.0 Å². The Kier molecular flexibility index (Phi) is 2.95. The molecule has 0 radical (unpaired) electrons. The number of hydrogen-bond acceptors (Lipinski definition) is 3. The Labute approximate surface area is 95.0 Å².